The Balaban J connectivity index is 3.12. The van der Waals surface area contributed by atoms with Crippen LogP contribution in [-0.2, 0) is 30.4 Å². The van der Waals surface area contributed by atoms with Gasteiger partial charge in [-0.25, -0.2) is 5.84 Å². The van der Waals surface area contributed by atoms with Crippen molar-refractivity contribution in [3.63, 3.8) is 0 Å². The van der Waals surface area contributed by atoms with Crippen molar-refractivity contribution in [3.05, 3.63) is 29.8 Å². The molecule has 234 valence electrons. The Morgan fingerprint density at radius 1 is 0.881 bits per heavy atom. The number of nitrogens with two attached hydrogens (primary N) is 4. The second-order valence-electron chi connectivity index (χ2n) is 10.2. The molecule has 0 saturated heterocycles. The van der Waals surface area contributed by atoms with Crippen LogP contribution >= 0.6 is 0 Å². The number of aromatic hydroxyl groups is 1. The van der Waals surface area contributed by atoms with E-state index in [4.69, 9.17) is 23.0 Å². The number of nitrogens with one attached hydrogen (secondary N) is 5. The maximum Gasteiger partial charge on any atom is 0.253 e. The molecule has 0 aliphatic carbocycles. The highest BCUT2D eigenvalue weighted by Crippen LogP contribution is 2.12. The summed E-state index contributed by atoms with van der Waals surface area (Å²) in [5, 5.41) is 19.8. The minimum atomic E-state index is -1.14. The van der Waals surface area contributed by atoms with Gasteiger partial charge >= 0.3 is 0 Å². The van der Waals surface area contributed by atoms with Crippen molar-refractivity contribution < 1.29 is 29.1 Å². The summed E-state index contributed by atoms with van der Waals surface area (Å²) in [6, 6.07) is 1.89. The van der Waals surface area contributed by atoms with Crippen LogP contribution in [0.2, 0.25) is 0 Å². The van der Waals surface area contributed by atoms with E-state index in [0.717, 1.165) is 0 Å². The summed E-state index contributed by atoms with van der Waals surface area (Å²) in [6.45, 7) is 4.99. The number of benzene rings is 1. The largest absolute Gasteiger partial charge is 0.508 e. The molecular weight excluding hydrogens is 548 g/mol. The number of rotatable bonds is 17. The molecule has 16 nitrogen and oxygen atoms in total. The molecule has 5 amide bonds. The third-order valence-electron chi connectivity index (χ3n) is 5.99. The van der Waals surface area contributed by atoms with E-state index in [1.807, 2.05) is 19.3 Å². The fourth-order valence-corrected chi connectivity index (χ4v) is 3.77. The van der Waals surface area contributed by atoms with Crippen LogP contribution in [0.3, 0.4) is 0 Å². The van der Waals surface area contributed by atoms with E-state index < -0.39 is 60.2 Å². The quantitative estimate of drug-likeness (QED) is 0.0218. The highest BCUT2D eigenvalue weighted by Gasteiger charge is 2.29. The van der Waals surface area contributed by atoms with Crippen LogP contribution in [0, 0.1) is 5.92 Å². The number of amides is 5. The molecule has 14 N–H and O–H groups in total. The predicted molar refractivity (Wildman–Crippen MR) is 156 cm³/mol. The molecule has 0 aromatic heterocycles. The SMILES string of the molecule is CC(C)C[C@H](N)C(=O)N[C@@H](Cc1ccc(O)cc1)C(=O)N[C@@H](CCCN=C(N)N)C(=O)N[C@@H](C)C(=O)NCC(=O)NN. The molecule has 0 radical (unpaired) electrons. The maximum atomic E-state index is 13.5. The second kappa shape index (κ2) is 18.1. The van der Waals surface area contributed by atoms with Gasteiger partial charge in [-0.15, -0.1) is 0 Å². The molecule has 4 atom stereocenters. The average molecular weight is 593 g/mol. The first-order valence-electron chi connectivity index (χ1n) is 13.5. The van der Waals surface area contributed by atoms with Crippen molar-refractivity contribution >= 4 is 35.5 Å². The number of phenolic OH excluding ortho intramolecular Hbond substituents is 1. The summed E-state index contributed by atoms with van der Waals surface area (Å²) in [7, 11) is 0. The van der Waals surface area contributed by atoms with Crippen molar-refractivity contribution in [2.75, 3.05) is 13.1 Å². The highest BCUT2D eigenvalue weighted by molar-refractivity contribution is 5.95. The highest BCUT2D eigenvalue weighted by atomic mass is 16.3. The number of carbonyl (C=O) groups is 5. The smallest absolute Gasteiger partial charge is 0.253 e. The van der Waals surface area contributed by atoms with E-state index in [9.17, 15) is 29.1 Å². The number of hydrazine groups is 1. The van der Waals surface area contributed by atoms with Gasteiger partial charge < -0.3 is 43.6 Å². The van der Waals surface area contributed by atoms with E-state index in [2.05, 4.69) is 26.3 Å². The van der Waals surface area contributed by atoms with Gasteiger partial charge in [0.05, 0.1) is 12.6 Å². The van der Waals surface area contributed by atoms with Crippen molar-refractivity contribution in [1.29, 1.82) is 0 Å². The third kappa shape index (κ3) is 13.8. The third-order valence-corrected chi connectivity index (χ3v) is 5.99. The lowest BCUT2D eigenvalue weighted by Crippen LogP contribution is -2.58. The number of aliphatic imine (C=N–C) groups is 1. The summed E-state index contributed by atoms with van der Waals surface area (Å²) >= 11 is 0. The minimum absolute atomic E-state index is 0.0297. The first-order chi connectivity index (χ1) is 19.7. The zero-order valence-corrected chi connectivity index (χ0v) is 24.2. The van der Waals surface area contributed by atoms with Crippen molar-refractivity contribution in [1.82, 2.24) is 26.7 Å². The molecule has 0 heterocycles. The molecule has 0 fully saturated rings. The first-order valence-corrected chi connectivity index (χ1v) is 13.5. The standard InChI is InChI=1S/C26H44N10O6/c1-14(2)11-18(27)23(40)35-20(12-16-6-8-17(37)9-7-16)25(42)34-19(5-4-10-31-26(28)29)24(41)33-15(3)22(39)32-13-21(38)36-30/h6-9,14-15,18-20,37H,4-5,10-13,27,30H2,1-3H3,(H,32,39)(H,33,41)(H,34,42)(H,35,40)(H,36,38)(H4,28,29,31)/t15-,18-,19-,20-/m0/s1. The van der Waals surface area contributed by atoms with E-state index >= 15 is 0 Å². The fraction of sp³-hybridized carbons (Fsp3) is 0.538. The summed E-state index contributed by atoms with van der Waals surface area (Å²) < 4.78 is 0. The van der Waals surface area contributed by atoms with Crippen molar-refractivity contribution in [3.8, 4) is 5.75 Å². The van der Waals surface area contributed by atoms with Crippen LogP contribution in [-0.4, -0.2) is 77.9 Å². The molecule has 1 rings (SSSR count). The molecule has 0 spiro atoms. The van der Waals surface area contributed by atoms with Gasteiger partial charge in [0, 0.05) is 13.0 Å². The zero-order chi connectivity index (χ0) is 31.8. The molecule has 1 aromatic carbocycles. The predicted octanol–water partition coefficient (Wildman–Crippen LogP) is -3.06. The Kier molecular flexibility index (Phi) is 15.3. The van der Waals surface area contributed by atoms with Crippen LogP contribution < -0.4 is 49.7 Å². The molecule has 42 heavy (non-hydrogen) atoms. The van der Waals surface area contributed by atoms with Crippen molar-refractivity contribution in [2.45, 2.75) is 70.6 Å². The van der Waals surface area contributed by atoms with Crippen LogP contribution in [0.25, 0.3) is 0 Å². The van der Waals surface area contributed by atoms with Gasteiger partial charge in [-0.3, -0.25) is 34.4 Å². The Morgan fingerprint density at radius 3 is 2.05 bits per heavy atom. The summed E-state index contributed by atoms with van der Waals surface area (Å²) in [6.07, 6.45) is 0.811. The lowest BCUT2D eigenvalue weighted by atomic mass is 10.0. The molecule has 16 heteroatoms. The summed E-state index contributed by atoms with van der Waals surface area (Å²) in [5.74, 6) is 1.83. The summed E-state index contributed by atoms with van der Waals surface area (Å²) in [5.41, 5.74) is 19.3. The van der Waals surface area contributed by atoms with Gasteiger partial charge in [0.1, 0.15) is 23.9 Å². The van der Waals surface area contributed by atoms with Crippen LogP contribution in [0.4, 0.5) is 0 Å². The zero-order valence-electron chi connectivity index (χ0n) is 24.2. The number of guanidine groups is 1. The van der Waals surface area contributed by atoms with Crippen LogP contribution in [0.5, 0.6) is 5.75 Å². The van der Waals surface area contributed by atoms with E-state index in [0.29, 0.717) is 18.4 Å². The Morgan fingerprint density at radius 2 is 1.48 bits per heavy atom. The Labute approximate surface area is 244 Å². The molecule has 0 aliphatic heterocycles. The molecule has 0 unspecified atom stereocenters. The van der Waals surface area contributed by atoms with Crippen LogP contribution in [0.1, 0.15) is 45.6 Å². The van der Waals surface area contributed by atoms with E-state index in [-0.39, 0.29) is 37.0 Å². The van der Waals surface area contributed by atoms with Gasteiger partial charge in [-0.05, 0) is 49.8 Å². The second-order valence-corrected chi connectivity index (χ2v) is 10.2. The van der Waals surface area contributed by atoms with Gasteiger partial charge in [0.2, 0.25) is 23.6 Å². The maximum absolute atomic E-state index is 13.5. The summed E-state index contributed by atoms with van der Waals surface area (Å²) in [4.78, 5) is 67.0. The number of nitrogens with zero attached hydrogens (tertiary/aromatic N) is 1. The average Bonchev–Trinajstić information content (AvgIpc) is 2.92. The van der Waals surface area contributed by atoms with E-state index in [1.165, 1.54) is 19.1 Å². The lowest BCUT2D eigenvalue weighted by Gasteiger charge is -2.25. The molecular formula is C26H44N10O6. The van der Waals surface area contributed by atoms with Gasteiger partial charge in [0.25, 0.3) is 5.91 Å². The Hall–Kier alpha value is -4.44. The van der Waals surface area contributed by atoms with E-state index in [1.54, 1.807) is 12.1 Å². The Bertz CT molecular complexity index is 1090. The minimum Gasteiger partial charge on any atom is -0.508 e. The number of hydrogen-bond acceptors (Lipinski definition) is 9. The normalized spacial score (nSPS) is 13.6. The first kappa shape index (κ1) is 35.6. The molecule has 1 aromatic rings. The number of phenols is 1. The van der Waals surface area contributed by atoms with Gasteiger partial charge in [0.15, 0.2) is 5.96 Å². The molecule has 0 aliphatic rings. The van der Waals surface area contributed by atoms with Crippen molar-refractivity contribution in [2.24, 2.45) is 34.0 Å². The number of hydrogen-bond donors (Lipinski definition) is 10. The fourth-order valence-electron chi connectivity index (χ4n) is 3.77. The topological polar surface area (TPSA) is 282 Å². The lowest BCUT2D eigenvalue weighted by molar-refractivity contribution is -0.134. The van der Waals surface area contributed by atoms with Gasteiger partial charge in [-0.2, -0.15) is 0 Å². The van der Waals surface area contributed by atoms with Gasteiger partial charge in [-0.1, -0.05) is 26.0 Å². The number of carbonyl (C=O) groups excluding carboxylic acids is 5. The molecule has 0 saturated carbocycles. The molecule has 0 bridgehead atoms. The van der Waals surface area contributed by atoms with Crippen LogP contribution in [0.15, 0.2) is 29.3 Å². The monoisotopic (exact) mass is 592 g/mol.